The lowest BCUT2D eigenvalue weighted by atomic mass is 9.50. The van der Waals surface area contributed by atoms with Crippen molar-refractivity contribution in [3.8, 4) is 18.2 Å². The molecule has 3 fully saturated rings. The molecule has 1 aromatic rings. The molecule has 3 aliphatic rings. The van der Waals surface area contributed by atoms with Gasteiger partial charge in [-0.1, -0.05) is 19.1 Å². The molecule has 2 aliphatic heterocycles. The molecule has 1 N–H and O–H groups in total. The van der Waals surface area contributed by atoms with Crippen LogP contribution in [0.1, 0.15) is 43.4 Å². The summed E-state index contributed by atoms with van der Waals surface area (Å²) in [7, 11) is 0. The van der Waals surface area contributed by atoms with Crippen molar-refractivity contribution in [2.45, 2.75) is 44.3 Å². The molecule has 1 saturated carbocycles. The van der Waals surface area contributed by atoms with E-state index in [1.165, 1.54) is 0 Å². The Morgan fingerprint density at radius 1 is 1.10 bits per heavy atom. The van der Waals surface area contributed by atoms with Gasteiger partial charge in [0.2, 0.25) is 17.1 Å². The normalized spacial score (nSPS) is 36.6. The minimum absolute atomic E-state index is 0.153. The van der Waals surface area contributed by atoms with Crippen molar-refractivity contribution >= 4 is 5.90 Å². The van der Waals surface area contributed by atoms with Crippen LogP contribution in [0.15, 0.2) is 24.3 Å². The Kier molecular flexibility index (Phi) is 4.18. The standard InChI is InChI=1S/C21H17F3N4O2/c1-12-6-7-20-15(8-12)19(11-27,17(28)30-20)18(9-25,10-26)16(29-20)13-2-4-14(5-3-13)21(22,23)24/h2-5,12,15-16,28H,6-8H2,1H3. The van der Waals surface area contributed by atoms with Gasteiger partial charge in [-0.3, -0.25) is 5.41 Å². The molecule has 0 aromatic heterocycles. The van der Waals surface area contributed by atoms with Crippen LogP contribution >= 0.6 is 0 Å². The maximum atomic E-state index is 13.0. The third-order valence-electron chi connectivity index (χ3n) is 6.71. The van der Waals surface area contributed by atoms with Crippen LogP contribution in [0.25, 0.3) is 0 Å². The molecule has 1 aliphatic carbocycles. The molecular formula is C21H17F3N4O2. The van der Waals surface area contributed by atoms with Gasteiger partial charge in [-0.15, -0.1) is 0 Å². The van der Waals surface area contributed by atoms with Gasteiger partial charge >= 0.3 is 6.18 Å². The highest BCUT2D eigenvalue weighted by molar-refractivity contribution is 5.89. The van der Waals surface area contributed by atoms with Crippen LogP contribution in [-0.4, -0.2) is 11.7 Å². The Hall–Kier alpha value is -3.09. The van der Waals surface area contributed by atoms with Crippen molar-refractivity contribution in [3.05, 3.63) is 35.4 Å². The van der Waals surface area contributed by atoms with Crippen LogP contribution in [0.3, 0.4) is 0 Å². The lowest BCUT2D eigenvalue weighted by Gasteiger charge is -2.52. The van der Waals surface area contributed by atoms with E-state index >= 15 is 0 Å². The summed E-state index contributed by atoms with van der Waals surface area (Å²) >= 11 is 0. The Bertz CT molecular complexity index is 1020. The zero-order chi connectivity index (χ0) is 21.9. The van der Waals surface area contributed by atoms with Crippen molar-refractivity contribution in [2.24, 2.45) is 22.7 Å². The number of benzene rings is 1. The molecule has 0 amide bonds. The van der Waals surface area contributed by atoms with Crippen LogP contribution in [0.4, 0.5) is 13.2 Å². The molecule has 2 saturated heterocycles. The third-order valence-corrected chi connectivity index (χ3v) is 6.71. The number of hydrogen-bond donors (Lipinski definition) is 1. The van der Waals surface area contributed by atoms with Crippen molar-refractivity contribution in [3.63, 3.8) is 0 Å². The minimum atomic E-state index is -4.55. The van der Waals surface area contributed by atoms with E-state index in [2.05, 4.69) is 0 Å². The number of alkyl halides is 3. The number of nitrogens with one attached hydrogen (secondary N) is 1. The van der Waals surface area contributed by atoms with E-state index in [1.807, 2.05) is 25.1 Å². The molecule has 6 nitrogen and oxygen atoms in total. The third kappa shape index (κ3) is 2.29. The van der Waals surface area contributed by atoms with Crippen LogP contribution in [0, 0.1) is 62.1 Å². The zero-order valence-corrected chi connectivity index (χ0v) is 16.0. The predicted octanol–water partition coefficient (Wildman–Crippen LogP) is 4.46. The zero-order valence-electron chi connectivity index (χ0n) is 16.0. The van der Waals surface area contributed by atoms with E-state index in [0.29, 0.717) is 19.3 Å². The van der Waals surface area contributed by atoms with Gasteiger partial charge in [-0.25, -0.2) is 0 Å². The van der Waals surface area contributed by atoms with Crippen molar-refractivity contribution in [2.75, 3.05) is 0 Å². The molecule has 154 valence electrons. The predicted molar refractivity (Wildman–Crippen MR) is 95.0 cm³/mol. The molecule has 2 heterocycles. The maximum Gasteiger partial charge on any atom is 0.416 e. The van der Waals surface area contributed by atoms with E-state index in [9.17, 15) is 29.0 Å². The van der Waals surface area contributed by atoms with Gasteiger partial charge in [0.05, 0.1) is 29.7 Å². The Balaban J connectivity index is 1.92. The van der Waals surface area contributed by atoms with Crippen molar-refractivity contribution in [1.29, 1.82) is 21.2 Å². The summed E-state index contributed by atoms with van der Waals surface area (Å²) in [5.41, 5.74) is -4.76. The molecular weight excluding hydrogens is 397 g/mol. The first-order chi connectivity index (χ1) is 14.1. The largest absolute Gasteiger partial charge is 0.447 e. The molecule has 0 spiro atoms. The molecule has 2 bridgehead atoms. The fraction of sp³-hybridized carbons (Fsp3) is 0.524. The smallest absolute Gasteiger partial charge is 0.416 e. The number of hydrogen-bond acceptors (Lipinski definition) is 6. The van der Waals surface area contributed by atoms with Crippen LogP contribution in [-0.2, 0) is 15.7 Å². The number of nitriles is 3. The first kappa shape index (κ1) is 20.2. The average molecular weight is 414 g/mol. The highest BCUT2D eigenvalue weighted by Crippen LogP contribution is 2.69. The molecule has 5 atom stereocenters. The van der Waals surface area contributed by atoms with Gasteiger partial charge in [-0.05, 0) is 36.5 Å². The van der Waals surface area contributed by atoms with Crippen LogP contribution < -0.4 is 0 Å². The maximum absolute atomic E-state index is 13.0. The Morgan fingerprint density at radius 2 is 1.73 bits per heavy atom. The van der Waals surface area contributed by atoms with E-state index in [4.69, 9.17) is 14.9 Å². The number of nitrogens with zero attached hydrogens (tertiary/aromatic N) is 3. The van der Waals surface area contributed by atoms with Crippen molar-refractivity contribution < 1.29 is 22.6 Å². The second-order valence-corrected chi connectivity index (χ2v) is 8.24. The SMILES string of the molecule is CC1CCC23OC(=N)C(C#N)(C2C1)C(C#N)(C#N)C(c1ccc(C(F)(F)F)cc1)O3. The number of rotatable bonds is 1. The fourth-order valence-corrected chi connectivity index (χ4v) is 5.18. The Labute approximate surface area is 170 Å². The summed E-state index contributed by atoms with van der Waals surface area (Å²) in [6.45, 7) is 1.98. The summed E-state index contributed by atoms with van der Waals surface area (Å²) in [5, 5.41) is 38.9. The van der Waals surface area contributed by atoms with E-state index in [0.717, 1.165) is 24.3 Å². The van der Waals surface area contributed by atoms with Crippen LogP contribution in [0.2, 0.25) is 0 Å². The van der Waals surface area contributed by atoms with Gasteiger partial charge in [0, 0.05) is 6.42 Å². The van der Waals surface area contributed by atoms with Crippen LogP contribution in [0.5, 0.6) is 0 Å². The molecule has 5 unspecified atom stereocenters. The second kappa shape index (κ2) is 6.20. The Morgan fingerprint density at radius 3 is 2.27 bits per heavy atom. The summed E-state index contributed by atoms with van der Waals surface area (Å²) in [6, 6.07) is 9.84. The van der Waals surface area contributed by atoms with Gasteiger partial charge in [0.1, 0.15) is 6.10 Å². The van der Waals surface area contributed by atoms with E-state index in [1.54, 1.807) is 0 Å². The van der Waals surface area contributed by atoms with Crippen molar-refractivity contribution in [1.82, 2.24) is 0 Å². The summed E-state index contributed by atoms with van der Waals surface area (Å²) in [5.74, 6) is -2.37. The summed E-state index contributed by atoms with van der Waals surface area (Å²) in [4.78, 5) is 0. The topological polar surface area (TPSA) is 114 Å². The van der Waals surface area contributed by atoms with Gasteiger partial charge < -0.3 is 9.47 Å². The number of ether oxygens (including phenoxy) is 2. The highest BCUT2D eigenvalue weighted by atomic mass is 19.4. The average Bonchev–Trinajstić information content (AvgIpc) is 2.91. The summed E-state index contributed by atoms with van der Waals surface area (Å²) in [6.07, 6.45) is -4.41. The fourth-order valence-electron chi connectivity index (χ4n) is 5.18. The molecule has 0 radical (unpaired) electrons. The first-order valence-corrected chi connectivity index (χ1v) is 9.47. The minimum Gasteiger partial charge on any atom is -0.447 e. The molecule has 30 heavy (non-hydrogen) atoms. The van der Waals surface area contributed by atoms with Gasteiger partial charge in [-0.2, -0.15) is 29.0 Å². The van der Waals surface area contributed by atoms with E-state index in [-0.39, 0.29) is 11.5 Å². The molecule has 1 aromatic carbocycles. The quantitative estimate of drug-likeness (QED) is 0.729. The highest BCUT2D eigenvalue weighted by Gasteiger charge is 2.80. The molecule has 4 rings (SSSR count). The summed E-state index contributed by atoms with van der Waals surface area (Å²) < 4.78 is 50.9. The molecule has 9 heteroatoms. The first-order valence-electron chi connectivity index (χ1n) is 9.47. The van der Waals surface area contributed by atoms with E-state index < -0.39 is 46.3 Å². The lowest BCUT2D eigenvalue weighted by molar-refractivity contribution is -0.298. The monoisotopic (exact) mass is 414 g/mol. The number of halogens is 3. The van der Waals surface area contributed by atoms with Gasteiger partial charge in [0.15, 0.2) is 5.41 Å². The lowest BCUT2D eigenvalue weighted by Crippen LogP contribution is -2.60. The second-order valence-electron chi connectivity index (χ2n) is 8.24. The van der Waals surface area contributed by atoms with Gasteiger partial charge in [0.25, 0.3) is 0 Å².